The molecular formula is C14H22N4O4. The van der Waals surface area contributed by atoms with Crippen LogP contribution in [-0.4, -0.2) is 37.1 Å². The Balaban J connectivity index is 2.01. The minimum absolute atomic E-state index is 0.0439. The first-order chi connectivity index (χ1) is 10.6. The summed E-state index contributed by atoms with van der Waals surface area (Å²) < 4.78 is 5.05. The molecule has 0 radical (unpaired) electrons. The highest BCUT2D eigenvalue weighted by molar-refractivity contribution is 5.75. The van der Waals surface area contributed by atoms with E-state index in [1.165, 1.54) is 0 Å². The SMILES string of the molecule is CCNC(=O)NCOCNNC(=O)CCc1ccc(O)cc1. The van der Waals surface area contributed by atoms with Crippen LogP contribution < -0.4 is 21.5 Å². The van der Waals surface area contributed by atoms with Gasteiger partial charge in [0.15, 0.2) is 0 Å². The lowest BCUT2D eigenvalue weighted by Crippen LogP contribution is -2.41. The number of ether oxygens (including phenoxy) is 1. The molecule has 8 nitrogen and oxygen atoms in total. The molecule has 0 bridgehead atoms. The molecule has 3 amide bonds. The van der Waals surface area contributed by atoms with Crippen molar-refractivity contribution in [2.24, 2.45) is 0 Å². The minimum atomic E-state index is -0.305. The predicted octanol–water partition coefficient (Wildman–Crippen LogP) is 0.196. The fourth-order valence-corrected chi connectivity index (χ4v) is 1.56. The van der Waals surface area contributed by atoms with Gasteiger partial charge in [-0.05, 0) is 31.0 Å². The molecular weight excluding hydrogens is 288 g/mol. The number of carbonyl (C=O) groups is 2. The van der Waals surface area contributed by atoms with Crippen molar-refractivity contribution in [2.75, 3.05) is 20.0 Å². The Hall–Kier alpha value is -2.32. The number of urea groups is 1. The largest absolute Gasteiger partial charge is 0.508 e. The summed E-state index contributed by atoms with van der Waals surface area (Å²) in [5.41, 5.74) is 6.06. The number of phenolic OH excluding ortho intramolecular Hbond substituents is 1. The van der Waals surface area contributed by atoms with Gasteiger partial charge in [-0.25, -0.2) is 10.2 Å². The van der Waals surface area contributed by atoms with E-state index in [9.17, 15) is 9.59 Å². The summed E-state index contributed by atoms with van der Waals surface area (Å²) in [4.78, 5) is 22.6. The molecule has 8 heteroatoms. The zero-order valence-electron chi connectivity index (χ0n) is 12.5. The van der Waals surface area contributed by atoms with Crippen molar-refractivity contribution in [3.63, 3.8) is 0 Å². The monoisotopic (exact) mass is 310 g/mol. The Morgan fingerprint density at radius 1 is 1.14 bits per heavy atom. The quantitative estimate of drug-likeness (QED) is 0.254. The van der Waals surface area contributed by atoms with Crippen molar-refractivity contribution < 1.29 is 19.4 Å². The van der Waals surface area contributed by atoms with Crippen molar-refractivity contribution in [1.29, 1.82) is 0 Å². The third-order valence-corrected chi connectivity index (χ3v) is 2.65. The number of hydrogen-bond donors (Lipinski definition) is 5. The zero-order valence-corrected chi connectivity index (χ0v) is 12.5. The smallest absolute Gasteiger partial charge is 0.316 e. The van der Waals surface area contributed by atoms with Gasteiger partial charge in [-0.15, -0.1) is 0 Å². The Labute approximate surface area is 129 Å². The van der Waals surface area contributed by atoms with E-state index < -0.39 is 0 Å². The van der Waals surface area contributed by atoms with Crippen LogP contribution in [0.5, 0.6) is 5.75 Å². The number of hydrazine groups is 1. The molecule has 1 rings (SSSR count). The number of aromatic hydroxyl groups is 1. The van der Waals surface area contributed by atoms with Gasteiger partial charge in [0.05, 0.1) is 0 Å². The highest BCUT2D eigenvalue weighted by Gasteiger charge is 2.02. The summed E-state index contributed by atoms with van der Waals surface area (Å²) in [6, 6.07) is 6.40. The van der Waals surface area contributed by atoms with Crippen molar-refractivity contribution in [2.45, 2.75) is 19.8 Å². The van der Waals surface area contributed by atoms with E-state index in [-0.39, 0.29) is 31.1 Å². The Bertz CT molecular complexity index is 464. The molecule has 122 valence electrons. The van der Waals surface area contributed by atoms with Crippen LogP contribution in [-0.2, 0) is 16.0 Å². The van der Waals surface area contributed by atoms with E-state index in [2.05, 4.69) is 21.5 Å². The maximum atomic E-state index is 11.6. The number of aryl methyl sites for hydroxylation is 1. The first kappa shape index (κ1) is 17.7. The molecule has 0 saturated carbocycles. The molecule has 5 N–H and O–H groups in total. The summed E-state index contributed by atoms with van der Waals surface area (Å²) >= 11 is 0. The highest BCUT2D eigenvalue weighted by Crippen LogP contribution is 2.10. The summed E-state index contributed by atoms with van der Waals surface area (Å²) in [6.07, 6.45) is 0.891. The summed E-state index contributed by atoms with van der Waals surface area (Å²) in [5.74, 6) is 0.0293. The van der Waals surface area contributed by atoms with E-state index in [0.29, 0.717) is 19.4 Å². The number of phenols is 1. The Morgan fingerprint density at radius 2 is 1.86 bits per heavy atom. The van der Waals surface area contributed by atoms with Gasteiger partial charge in [-0.3, -0.25) is 10.2 Å². The van der Waals surface area contributed by atoms with Crippen molar-refractivity contribution in [3.8, 4) is 5.75 Å². The van der Waals surface area contributed by atoms with E-state index >= 15 is 0 Å². The average molecular weight is 310 g/mol. The molecule has 22 heavy (non-hydrogen) atoms. The van der Waals surface area contributed by atoms with Gasteiger partial charge in [-0.2, -0.15) is 0 Å². The van der Waals surface area contributed by atoms with E-state index in [1.54, 1.807) is 24.3 Å². The van der Waals surface area contributed by atoms with Crippen LogP contribution in [0.3, 0.4) is 0 Å². The lowest BCUT2D eigenvalue weighted by molar-refractivity contribution is -0.122. The molecule has 1 aromatic carbocycles. The zero-order chi connectivity index (χ0) is 16.2. The number of amides is 3. The fraction of sp³-hybridized carbons (Fsp3) is 0.429. The molecule has 0 aliphatic carbocycles. The van der Waals surface area contributed by atoms with Crippen LogP contribution in [0.25, 0.3) is 0 Å². The molecule has 0 aliphatic rings. The maximum Gasteiger partial charge on any atom is 0.316 e. The Kier molecular flexibility index (Phi) is 8.39. The van der Waals surface area contributed by atoms with Gasteiger partial charge in [0.2, 0.25) is 5.91 Å². The van der Waals surface area contributed by atoms with Crippen LogP contribution in [0.2, 0.25) is 0 Å². The lowest BCUT2D eigenvalue weighted by atomic mass is 10.1. The van der Waals surface area contributed by atoms with Gasteiger partial charge >= 0.3 is 6.03 Å². The second kappa shape index (κ2) is 10.4. The van der Waals surface area contributed by atoms with Gasteiger partial charge in [0, 0.05) is 13.0 Å². The normalized spacial score (nSPS) is 10.0. The van der Waals surface area contributed by atoms with Crippen molar-refractivity contribution >= 4 is 11.9 Å². The van der Waals surface area contributed by atoms with Crippen LogP contribution >= 0.6 is 0 Å². The second-order valence-corrected chi connectivity index (χ2v) is 4.42. The number of benzene rings is 1. The van der Waals surface area contributed by atoms with Crippen LogP contribution in [0, 0.1) is 0 Å². The molecule has 0 heterocycles. The molecule has 0 fully saturated rings. The summed E-state index contributed by atoms with van der Waals surface area (Å²) in [6.45, 7) is 2.48. The summed E-state index contributed by atoms with van der Waals surface area (Å²) in [5, 5.41) is 14.2. The third-order valence-electron chi connectivity index (χ3n) is 2.65. The molecule has 0 unspecified atom stereocenters. The third kappa shape index (κ3) is 8.08. The number of nitrogens with one attached hydrogen (secondary N) is 4. The minimum Gasteiger partial charge on any atom is -0.508 e. The molecule has 0 saturated heterocycles. The van der Waals surface area contributed by atoms with Gasteiger partial charge in [0.25, 0.3) is 0 Å². The molecule has 0 aliphatic heterocycles. The standard InChI is InChI=1S/C14H22N4O4/c1-2-15-14(21)16-9-22-10-17-18-13(20)8-5-11-3-6-12(19)7-4-11/h3-4,6-7,17,19H,2,5,8-10H2,1H3,(H,18,20)(H2,15,16,21). The number of hydrogen-bond acceptors (Lipinski definition) is 5. The Morgan fingerprint density at radius 3 is 2.55 bits per heavy atom. The number of carbonyl (C=O) groups excluding carboxylic acids is 2. The maximum absolute atomic E-state index is 11.6. The van der Waals surface area contributed by atoms with Crippen molar-refractivity contribution in [1.82, 2.24) is 21.5 Å². The van der Waals surface area contributed by atoms with Crippen LogP contribution in [0.4, 0.5) is 4.79 Å². The highest BCUT2D eigenvalue weighted by atomic mass is 16.5. The van der Waals surface area contributed by atoms with Crippen molar-refractivity contribution in [3.05, 3.63) is 29.8 Å². The average Bonchev–Trinajstić information content (AvgIpc) is 2.50. The van der Waals surface area contributed by atoms with Gasteiger partial charge in [-0.1, -0.05) is 12.1 Å². The molecule has 0 spiro atoms. The number of rotatable bonds is 9. The van der Waals surface area contributed by atoms with Crippen LogP contribution in [0.15, 0.2) is 24.3 Å². The van der Waals surface area contributed by atoms with E-state index in [1.807, 2.05) is 6.92 Å². The first-order valence-corrected chi connectivity index (χ1v) is 7.01. The van der Waals surface area contributed by atoms with E-state index in [0.717, 1.165) is 5.56 Å². The molecule has 0 aromatic heterocycles. The molecule has 0 atom stereocenters. The fourth-order valence-electron chi connectivity index (χ4n) is 1.56. The second-order valence-electron chi connectivity index (χ2n) is 4.42. The van der Waals surface area contributed by atoms with E-state index in [4.69, 9.17) is 9.84 Å². The molecule has 1 aromatic rings. The topological polar surface area (TPSA) is 112 Å². The van der Waals surface area contributed by atoms with Crippen LogP contribution in [0.1, 0.15) is 18.9 Å². The first-order valence-electron chi connectivity index (χ1n) is 7.01. The van der Waals surface area contributed by atoms with Gasteiger partial charge in [0.1, 0.15) is 19.2 Å². The lowest BCUT2D eigenvalue weighted by Gasteiger charge is -2.09. The summed E-state index contributed by atoms with van der Waals surface area (Å²) in [7, 11) is 0. The van der Waals surface area contributed by atoms with Gasteiger partial charge < -0.3 is 20.5 Å². The predicted molar refractivity (Wildman–Crippen MR) is 80.7 cm³/mol.